The summed E-state index contributed by atoms with van der Waals surface area (Å²) in [6.07, 6.45) is 3.48. The van der Waals surface area contributed by atoms with E-state index < -0.39 is 5.60 Å². The van der Waals surface area contributed by atoms with Crippen LogP contribution in [0.3, 0.4) is 0 Å². The van der Waals surface area contributed by atoms with E-state index in [1.807, 2.05) is 30.3 Å². The molecule has 2 aliphatic rings. The zero-order valence-corrected chi connectivity index (χ0v) is 9.07. The molecule has 2 heterocycles. The third-order valence-electron chi connectivity index (χ3n) is 3.39. The summed E-state index contributed by atoms with van der Waals surface area (Å²) in [7, 11) is 0. The van der Waals surface area contributed by atoms with Crippen molar-refractivity contribution in [3.8, 4) is 5.75 Å². The number of fused-ring (bicyclic) bond motifs is 1. The van der Waals surface area contributed by atoms with Crippen molar-refractivity contribution in [1.29, 1.82) is 0 Å². The van der Waals surface area contributed by atoms with Crippen molar-refractivity contribution in [3.63, 3.8) is 0 Å². The van der Waals surface area contributed by atoms with Crippen LogP contribution in [0.4, 0.5) is 0 Å². The highest BCUT2D eigenvalue weighted by Gasteiger charge is 2.41. The molecule has 2 N–H and O–H groups in total. The van der Waals surface area contributed by atoms with Crippen LogP contribution in [0.5, 0.6) is 5.75 Å². The van der Waals surface area contributed by atoms with E-state index in [1.165, 1.54) is 0 Å². The van der Waals surface area contributed by atoms with Gasteiger partial charge in [-0.05, 0) is 25.2 Å². The minimum absolute atomic E-state index is 0.368. The third kappa shape index (κ3) is 1.39. The Bertz CT molecular complexity index is 433. The first-order valence-corrected chi connectivity index (χ1v) is 5.70. The van der Waals surface area contributed by atoms with Crippen LogP contribution >= 0.6 is 0 Å². The molecule has 3 rings (SSSR count). The smallest absolute Gasteiger partial charge is 0.168 e. The fraction of sp³-hybridized carbons (Fsp3) is 0.385. The second-order valence-corrected chi connectivity index (χ2v) is 4.41. The predicted molar refractivity (Wildman–Crippen MR) is 62.5 cm³/mol. The van der Waals surface area contributed by atoms with Gasteiger partial charge in [0.25, 0.3) is 0 Å². The van der Waals surface area contributed by atoms with Gasteiger partial charge in [-0.25, -0.2) is 0 Å². The summed E-state index contributed by atoms with van der Waals surface area (Å²) in [5, 5.41) is 13.4. The minimum Gasteiger partial charge on any atom is -0.508 e. The lowest BCUT2D eigenvalue weighted by Crippen LogP contribution is -2.48. The summed E-state index contributed by atoms with van der Waals surface area (Å²) in [5.41, 5.74) is 0.476. The van der Waals surface area contributed by atoms with E-state index in [2.05, 4.69) is 5.32 Å². The number of aliphatic hydroxyl groups excluding tert-OH is 1. The highest BCUT2D eigenvalue weighted by atomic mass is 16.5. The SMILES string of the molecule is OC1=Cc2ccccc2OC12CCNCC2. The minimum atomic E-state index is -0.487. The predicted octanol–water partition coefficient (Wildman–Crippen LogP) is 2.10. The van der Waals surface area contributed by atoms with Gasteiger partial charge in [0, 0.05) is 18.4 Å². The topological polar surface area (TPSA) is 41.5 Å². The van der Waals surface area contributed by atoms with Crippen molar-refractivity contribution >= 4 is 6.08 Å². The Kier molecular flexibility index (Phi) is 2.14. The maximum atomic E-state index is 10.1. The molecular weight excluding hydrogens is 202 g/mol. The zero-order chi connectivity index (χ0) is 11.0. The van der Waals surface area contributed by atoms with E-state index >= 15 is 0 Å². The number of hydrogen-bond acceptors (Lipinski definition) is 3. The Balaban J connectivity index is 2.02. The molecular formula is C13H15NO2. The van der Waals surface area contributed by atoms with Gasteiger partial charge in [-0.15, -0.1) is 0 Å². The molecule has 0 aromatic heterocycles. The molecule has 2 aliphatic heterocycles. The van der Waals surface area contributed by atoms with Crippen molar-refractivity contribution < 1.29 is 9.84 Å². The van der Waals surface area contributed by atoms with Gasteiger partial charge < -0.3 is 15.2 Å². The van der Waals surface area contributed by atoms with Gasteiger partial charge in [0.1, 0.15) is 11.5 Å². The lowest BCUT2D eigenvalue weighted by Gasteiger charge is -2.39. The lowest BCUT2D eigenvalue weighted by molar-refractivity contribution is 0.0304. The van der Waals surface area contributed by atoms with Crippen LogP contribution in [-0.2, 0) is 0 Å². The van der Waals surface area contributed by atoms with E-state index in [4.69, 9.17) is 4.74 Å². The van der Waals surface area contributed by atoms with Crippen molar-refractivity contribution in [2.24, 2.45) is 0 Å². The van der Waals surface area contributed by atoms with Gasteiger partial charge in [-0.3, -0.25) is 0 Å². The van der Waals surface area contributed by atoms with Crippen LogP contribution in [0.25, 0.3) is 6.08 Å². The molecule has 1 aromatic carbocycles. The first-order chi connectivity index (χ1) is 7.80. The maximum Gasteiger partial charge on any atom is 0.168 e. The number of rotatable bonds is 0. The summed E-state index contributed by atoms with van der Waals surface area (Å²) in [6, 6.07) is 7.83. The average Bonchev–Trinajstić information content (AvgIpc) is 2.32. The van der Waals surface area contributed by atoms with Crippen molar-refractivity contribution in [1.82, 2.24) is 5.32 Å². The molecule has 1 saturated heterocycles. The molecule has 0 saturated carbocycles. The van der Waals surface area contributed by atoms with Crippen molar-refractivity contribution in [2.45, 2.75) is 18.4 Å². The Morgan fingerprint density at radius 1 is 1.19 bits per heavy atom. The quantitative estimate of drug-likeness (QED) is 0.699. The summed E-state index contributed by atoms with van der Waals surface area (Å²) in [4.78, 5) is 0. The van der Waals surface area contributed by atoms with Gasteiger partial charge in [0.2, 0.25) is 0 Å². The van der Waals surface area contributed by atoms with Crippen molar-refractivity contribution in [2.75, 3.05) is 13.1 Å². The van der Waals surface area contributed by atoms with E-state index in [-0.39, 0.29) is 0 Å². The normalized spacial score (nSPS) is 22.1. The van der Waals surface area contributed by atoms with Crippen LogP contribution < -0.4 is 10.1 Å². The molecule has 16 heavy (non-hydrogen) atoms. The standard InChI is InChI=1S/C13H15NO2/c15-12-9-10-3-1-2-4-11(10)16-13(12)5-7-14-8-6-13/h1-4,9,14-15H,5-8H2. The van der Waals surface area contributed by atoms with E-state index in [0.717, 1.165) is 37.2 Å². The monoisotopic (exact) mass is 217 g/mol. The van der Waals surface area contributed by atoms with Crippen LogP contribution in [0, 0.1) is 0 Å². The Labute approximate surface area is 94.7 Å². The number of benzene rings is 1. The summed E-state index contributed by atoms with van der Waals surface area (Å²) < 4.78 is 6.01. The molecule has 0 atom stereocenters. The Morgan fingerprint density at radius 2 is 1.94 bits per heavy atom. The Hall–Kier alpha value is -1.48. The van der Waals surface area contributed by atoms with E-state index in [1.54, 1.807) is 0 Å². The van der Waals surface area contributed by atoms with Gasteiger partial charge in [-0.1, -0.05) is 18.2 Å². The van der Waals surface area contributed by atoms with Crippen LogP contribution in [0.15, 0.2) is 30.0 Å². The van der Waals surface area contributed by atoms with Gasteiger partial charge >= 0.3 is 0 Å². The van der Waals surface area contributed by atoms with Gasteiger partial charge in [0.05, 0.1) is 0 Å². The number of aliphatic hydroxyl groups is 1. The highest BCUT2D eigenvalue weighted by Crippen LogP contribution is 2.39. The number of para-hydroxylation sites is 1. The third-order valence-corrected chi connectivity index (χ3v) is 3.39. The average molecular weight is 217 g/mol. The molecule has 1 spiro atoms. The number of hydrogen-bond donors (Lipinski definition) is 2. The fourth-order valence-electron chi connectivity index (χ4n) is 2.42. The number of piperidine rings is 1. The molecule has 3 nitrogen and oxygen atoms in total. The molecule has 0 radical (unpaired) electrons. The molecule has 0 amide bonds. The second kappa shape index (κ2) is 3.52. The number of nitrogens with one attached hydrogen (secondary N) is 1. The summed E-state index contributed by atoms with van der Waals surface area (Å²) >= 11 is 0. The second-order valence-electron chi connectivity index (χ2n) is 4.41. The van der Waals surface area contributed by atoms with Crippen LogP contribution in [0.2, 0.25) is 0 Å². The molecule has 0 bridgehead atoms. The summed E-state index contributed by atoms with van der Waals surface area (Å²) in [5.74, 6) is 1.25. The first-order valence-electron chi connectivity index (χ1n) is 5.70. The zero-order valence-electron chi connectivity index (χ0n) is 9.07. The maximum absolute atomic E-state index is 10.1. The van der Waals surface area contributed by atoms with Gasteiger partial charge in [-0.2, -0.15) is 0 Å². The summed E-state index contributed by atoms with van der Waals surface area (Å²) in [6.45, 7) is 1.78. The van der Waals surface area contributed by atoms with Gasteiger partial charge in [0.15, 0.2) is 5.60 Å². The largest absolute Gasteiger partial charge is 0.508 e. The molecule has 1 fully saturated rings. The highest BCUT2D eigenvalue weighted by molar-refractivity contribution is 5.62. The number of ether oxygens (including phenoxy) is 1. The fourth-order valence-corrected chi connectivity index (χ4v) is 2.42. The molecule has 3 heteroatoms. The molecule has 84 valence electrons. The van der Waals surface area contributed by atoms with E-state index in [9.17, 15) is 5.11 Å². The first kappa shape index (κ1) is 9.73. The van der Waals surface area contributed by atoms with Crippen LogP contribution in [0.1, 0.15) is 18.4 Å². The van der Waals surface area contributed by atoms with E-state index in [0.29, 0.717) is 5.76 Å². The lowest BCUT2D eigenvalue weighted by atomic mass is 9.87. The van der Waals surface area contributed by atoms with Crippen LogP contribution in [-0.4, -0.2) is 23.8 Å². The van der Waals surface area contributed by atoms with Crippen molar-refractivity contribution in [3.05, 3.63) is 35.6 Å². The molecule has 0 aliphatic carbocycles. The molecule has 0 unspecified atom stereocenters. The molecule has 1 aromatic rings. The Morgan fingerprint density at radius 3 is 2.75 bits per heavy atom.